The summed E-state index contributed by atoms with van der Waals surface area (Å²) >= 11 is 0. The van der Waals surface area contributed by atoms with Crippen LogP contribution < -0.4 is 14.8 Å². The summed E-state index contributed by atoms with van der Waals surface area (Å²) in [7, 11) is 1.61. The molecule has 1 saturated heterocycles. The van der Waals surface area contributed by atoms with Crippen molar-refractivity contribution in [3.8, 4) is 22.6 Å². The van der Waals surface area contributed by atoms with Crippen LogP contribution in [0, 0.1) is 0 Å². The monoisotopic (exact) mass is 392 g/mol. The molecule has 0 spiro atoms. The normalized spacial score (nSPS) is 16.0. The van der Waals surface area contributed by atoms with E-state index >= 15 is 0 Å². The SMILES string of the molecule is COc1cncc(-c2c(OCC(=O)NCC3CCCO3)ccc3ccccc23)c1. The van der Waals surface area contributed by atoms with Crippen LogP contribution in [-0.2, 0) is 9.53 Å². The van der Waals surface area contributed by atoms with Crippen LogP contribution in [0.4, 0.5) is 0 Å². The third-order valence-electron chi connectivity index (χ3n) is 5.04. The molecule has 1 N–H and O–H groups in total. The van der Waals surface area contributed by atoms with Crippen molar-refractivity contribution >= 4 is 16.7 Å². The quantitative estimate of drug-likeness (QED) is 0.666. The maximum absolute atomic E-state index is 12.3. The predicted molar refractivity (Wildman–Crippen MR) is 111 cm³/mol. The molecule has 1 aliphatic rings. The van der Waals surface area contributed by atoms with Crippen LogP contribution >= 0.6 is 0 Å². The minimum Gasteiger partial charge on any atom is -0.495 e. The van der Waals surface area contributed by atoms with Gasteiger partial charge < -0.3 is 19.5 Å². The van der Waals surface area contributed by atoms with Gasteiger partial charge in [0, 0.05) is 30.5 Å². The number of pyridine rings is 1. The second kappa shape index (κ2) is 8.92. The molecule has 4 rings (SSSR count). The molecule has 1 fully saturated rings. The molecular formula is C23H24N2O4. The Balaban J connectivity index is 1.57. The second-order valence-corrected chi connectivity index (χ2v) is 7.00. The standard InChI is InChI=1S/C23H24N2O4/c1-27-19-11-17(12-24-13-19)23-20-7-3-2-5-16(20)8-9-21(23)29-15-22(26)25-14-18-6-4-10-28-18/h2-3,5,7-9,11-13,18H,4,6,10,14-15H2,1H3,(H,25,26). The Morgan fingerprint density at radius 3 is 2.97 bits per heavy atom. The van der Waals surface area contributed by atoms with Crippen LogP contribution in [0.1, 0.15) is 12.8 Å². The fraction of sp³-hybridized carbons (Fsp3) is 0.304. The molecule has 0 bridgehead atoms. The molecule has 1 atom stereocenters. The van der Waals surface area contributed by atoms with Crippen molar-refractivity contribution in [3.05, 3.63) is 54.9 Å². The van der Waals surface area contributed by atoms with Crippen molar-refractivity contribution in [2.24, 2.45) is 0 Å². The smallest absolute Gasteiger partial charge is 0.258 e. The van der Waals surface area contributed by atoms with Gasteiger partial charge in [-0.3, -0.25) is 9.78 Å². The number of rotatable bonds is 7. The molecule has 6 nitrogen and oxygen atoms in total. The summed E-state index contributed by atoms with van der Waals surface area (Å²) in [6.07, 6.45) is 5.57. The Bertz CT molecular complexity index is 999. The van der Waals surface area contributed by atoms with Gasteiger partial charge in [-0.15, -0.1) is 0 Å². The number of ether oxygens (including phenoxy) is 3. The summed E-state index contributed by atoms with van der Waals surface area (Å²) in [5.74, 6) is 1.13. The van der Waals surface area contributed by atoms with Gasteiger partial charge >= 0.3 is 0 Å². The van der Waals surface area contributed by atoms with Crippen molar-refractivity contribution in [1.29, 1.82) is 0 Å². The second-order valence-electron chi connectivity index (χ2n) is 7.00. The number of hydrogen-bond donors (Lipinski definition) is 1. The molecule has 1 aromatic heterocycles. The minimum absolute atomic E-state index is 0.0601. The largest absolute Gasteiger partial charge is 0.495 e. The first-order valence-electron chi connectivity index (χ1n) is 9.77. The third-order valence-corrected chi connectivity index (χ3v) is 5.04. The Labute approximate surface area is 169 Å². The van der Waals surface area contributed by atoms with Crippen molar-refractivity contribution in [3.63, 3.8) is 0 Å². The van der Waals surface area contributed by atoms with Gasteiger partial charge in [0.25, 0.3) is 5.91 Å². The average molecular weight is 392 g/mol. The van der Waals surface area contributed by atoms with Gasteiger partial charge in [-0.25, -0.2) is 0 Å². The number of amides is 1. The Morgan fingerprint density at radius 1 is 1.24 bits per heavy atom. The maximum atomic E-state index is 12.3. The number of hydrogen-bond acceptors (Lipinski definition) is 5. The van der Waals surface area contributed by atoms with Gasteiger partial charge in [0.1, 0.15) is 11.5 Å². The van der Waals surface area contributed by atoms with Crippen LogP contribution in [0.2, 0.25) is 0 Å². The first-order chi connectivity index (χ1) is 14.2. The van der Waals surface area contributed by atoms with E-state index < -0.39 is 0 Å². The zero-order valence-corrected chi connectivity index (χ0v) is 16.4. The zero-order chi connectivity index (χ0) is 20.1. The first-order valence-corrected chi connectivity index (χ1v) is 9.77. The molecule has 0 aliphatic carbocycles. The molecule has 1 unspecified atom stereocenters. The number of carbonyl (C=O) groups is 1. The van der Waals surface area contributed by atoms with Gasteiger partial charge in [-0.2, -0.15) is 0 Å². The molecule has 3 aromatic rings. The fourth-order valence-electron chi connectivity index (χ4n) is 3.56. The molecule has 2 aromatic carbocycles. The van der Waals surface area contributed by atoms with E-state index in [-0.39, 0.29) is 18.6 Å². The minimum atomic E-state index is -0.164. The van der Waals surface area contributed by atoms with Crippen LogP contribution in [0.15, 0.2) is 54.9 Å². The lowest BCUT2D eigenvalue weighted by atomic mass is 9.98. The molecule has 6 heteroatoms. The molecule has 2 heterocycles. The molecule has 0 radical (unpaired) electrons. The highest BCUT2D eigenvalue weighted by Gasteiger charge is 2.17. The number of carbonyl (C=O) groups excluding carboxylic acids is 1. The first kappa shape index (κ1) is 19.2. The molecule has 150 valence electrons. The van der Waals surface area contributed by atoms with Crippen LogP contribution in [0.5, 0.6) is 11.5 Å². The van der Waals surface area contributed by atoms with Crippen LogP contribution in [0.3, 0.4) is 0 Å². The summed E-state index contributed by atoms with van der Waals surface area (Å²) < 4.78 is 16.8. The predicted octanol–water partition coefficient (Wildman–Crippen LogP) is 3.58. The summed E-state index contributed by atoms with van der Waals surface area (Å²) in [6, 6.07) is 13.9. The lowest BCUT2D eigenvalue weighted by Gasteiger charge is -2.16. The van der Waals surface area contributed by atoms with Crippen molar-refractivity contribution in [2.75, 3.05) is 26.9 Å². The molecule has 1 amide bonds. The van der Waals surface area contributed by atoms with E-state index in [1.54, 1.807) is 19.5 Å². The Kier molecular flexibility index (Phi) is 5.91. The van der Waals surface area contributed by atoms with Gasteiger partial charge in [0.15, 0.2) is 6.61 Å². The van der Waals surface area contributed by atoms with Gasteiger partial charge in [-0.1, -0.05) is 30.3 Å². The number of nitrogens with zero attached hydrogens (tertiary/aromatic N) is 1. The number of aromatic nitrogens is 1. The molecule has 29 heavy (non-hydrogen) atoms. The van der Waals surface area contributed by atoms with E-state index in [4.69, 9.17) is 14.2 Å². The van der Waals surface area contributed by atoms with E-state index in [2.05, 4.69) is 10.3 Å². The highest BCUT2D eigenvalue weighted by atomic mass is 16.5. The van der Waals surface area contributed by atoms with E-state index in [0.29, 0.717) is 18.0 Å². The number of fused-ring (bicyclic) bond motifs is 1. The highest BCUT2D eigenvalue weighted by Crippen LogP contribution is 2.37. The van der Waals surface area contributed by atoms with E-state index in [0.717, 1.165) is 41.3 Å². The maximum Gasteiger partial charge on any atom is 0.258 e. The summed E-state index contributed by atoms with van der Waals surface area (Å²) in [5, 5.41) is 5.00. The van der Waals surface area contributed by atoms with Crippen molar-refractivity contribution < 1.29 is 19.0 Å². The zero-order valence-electron chi connectivity index (χ0n) is 16.4. The molecular weight excluding hydrogens is 368 g/mol. The Morgan fingerprint density at radius 2 is 2.14 bits per heavy atom. The van der Waals surface area contributed by atoms with Crippen LogP contribution in [0.25, 0.3) is 21.9 Å². The van der Waals surface area contributed by atoms with E-state index in [9.17, 15) is 4.79 Å². The lowest BCUT2D eigenvalue weighted by molar-refractivity contribution is -0.123. The fourth-order valence-corrected chi connectivity index (χ4v) is 3.56. The highest BCUT2D eigenvalue weighted by molar-refractivity contribution is 5.99. The van der Waals surface area contributed by atoms with Gasteiger partial charge in [0.05, 0.1) is 19.4 Å². The summed E-state index contributed by atoms with van der Waals surface area (Å²) in [6.45, 7) is 1.23. The summed E-state index contributed by atoms with van der Waals surface area (Å²) in [4.78, 5) is 16.5. The van der Waals surface area contributed by atoms with E-state index in [1.165, 1.54) is 0 Å². The summed E-state index contributed by atoms with van der Waals surface area (Å²) in [5.41, 5.74) is 1.76. The number of nitrogens with one attached hydrogen (secondary N) is 1. The van der Waals surface area contributed by atoms with Crippen molar-refractivity contribution in [1.82, 2.24) is 10.3 Å². The number of benzene rings is 2. The average Bonchev–Trinajstić information content (AvgIpc) is 3.29. The van der Waals surface area contributed by atoms with Crippen LogP contribution in [-0.4, -0.2) is 43.9 Å². The van der Waals surface area contributed by atoms with E-state index in [1.807, 2.05) is 42.5 Å². The third kappa shape index (κ3) is 4.49. The van der Waals surface area contributed by atoms with Crippen molar-refractivity contribution in [2.45, 2.75) is 18.9 Å². The van der Waals surface area contributed by atoms with Gasteiger partial charge in [-0.05, 0) is 35.7 Å². The Hall–Kier alpha value is -3.12. The number of methoxy groups -OCH3 is 1. The molecule has 1 aliphatic heterocycles. The van der Waals surface area contributed by atoms with Gasteiger partial charge in [0.2, 0.25) is 0 Å². The lowest BCUT2D eigenvalue weighted by Crippen LogP contribution is -2.35. The topological polar surface area (TPSA) is 69.7 Å². The molecule has 0 saturated carbocycles.